The first-order chi connectivity index (χ1) is 10.1. The third-order valence-corrected chi connectivity index (χ3v) is 4.74. The first kappa shape index (κ1) is 13.8. The summed E-state index contributed by atoms with van der Waals surface area (Å²) in [5.41, 5.74) is 5.60. The van der Waals surface area contributed by atoms with Gasteiger partial charge in [-0.05, 0) is 38.5 Å². The SMILES string of the molecule is C/C(=N\N=c1/sc2ccccc2n1C)c1c(C)c[nH]c1C. The van der Waals surface area contributed by atoms with Gasteiger partial charge in [-0.15, -0.1) is 5.10 Å². The van der Waals surface area contributed by atoms with Crippen LogP contribution in [-0.2, 0) is 7.05 Å². The minimum Gasteiger partial charge on any atom is -0.364 e. The van der Waals surface area contributed by atoms with E-state index in [1.807, 2.05) is 32.3 Å². The fourth-order valence-electron chi connectivity index (χ4n) is 2.56. The van der Waals surface area contributed by atoms with E-state index < -0.39 is 0 Å². The van der Waals surface area contributed by atoms with Crippen LogP contribution in [0.2, 0.25) is 0 Å². The van der Waals surface area contributed by atoms with Gasteiger partial charge >= 0.3 is 0 Å². The zero-order valence-corrected chi connectivity index (χ0v) is 13.5. The van der Waals surface area contributed by atoms with Crippen LogP contribution in [0.25, 0.3) is 10.2 Å². The number of aryl methyl sites for hydroxylation is 3. The molecule has 0 radical (unpaired) electrons. The largest absolute Gasteiger partial charge is 0.364 e. The van der Waals surface area contributed by atoms with E-state index >= 15 is 0 Å². The molecule has 0 aliphatic rings. The Hall–Kier alpha value is -2.14. The van der Waals surface area contributed by atoms with Crippen LogP contribution >= 0.6 is 11.3 Å². The number of hydrogen-bond donors (Lipinski definition) is 1. The molecule has 108 valence electrons. The Labute approximate surface area is 127 Å². The molecule has 1 N–H and O–H groups in total. The van der Waals surface area contributed by atoms with E-state index in [0.717, 1.165) is 21.8 Å². The van der Waals surface area contributed by atoms with Crippen LogP contribution in [0.1, 0.15) is 23.7 Å². The minimum atomic E-state index is 0.904. The van der Waals surface area contributed by atoms with Gasteiger partial charge in [0.2, 0.25) is 4.80 Å². The van der Waals surface area contributed by atoms with Crippen LogP contribution in [0.5, 0.6) is 0 Å². The maximum Gasteiger partial charge on any atom is 0.211 e. The van der Waals surface area contributed by atoms with Crippen molar-refractivity contribution in [3.05, 3.63) is 52.1 Å². The average molecular weight is 298 g/mol. The van der Waals surface area contributed by atoms with Gasteiger partial charge in [-0.2, -0.15) is 5.10 Å². The number of aromatic nitrogens is 2. The lowest BCUT2D eigenvalue weighted by atomic mass is 10.1. The summed E-state index contributed by atoms with van der Waals surface area (Å²) in [7, 11) is 2.02. The lowest BCUT2D eigenvalue weighted by Crippen LogP contribution is -2.09. The van der Waals surface area contributed by atoms with Crippen LogP contribution in [0.15, 0.2) is 40.7 Å². The van der Waals surface area contributed by atoms with Crippen molar-refractivity contribution in [3.8, 4) is 0 Å². The Morgan fingerprint density at radius 3 is 2.67 bits per heavy atom. The van der Waals surface area contributed by atoms with Gasteiger partial charge in [0.25, 0.3) is 0 Å². The molecular weight excluding hydrogens is 280 g/mol. The van der Waals surface area contributed by atoms with E-state index in [0.29, 0.717) is 0 Å². The Kier molecular flexibility index (Phi) is 3.51. The quantitative estimate of drug-likeness (QED) is 0.556. The molecule has 3 aromatic rings. The molecule has 0 spiro atoms. The summed E-state index contributed by atoms with van der Waals surface area (Å²) in [5.74, 6) is 0. The molecule has 0 aliphatic carbocycles. The molecule has 0 aliphatic heterocycles. The predicted molar refractivity (Wildman–Crippen MR) is 88.8 cm³/mol. The van der Waals surface area contributed by atoms with Gasteiger partial charge in [-0.1, -0.05) is 23.5 Å². The highest BCUT2D eigenvalue weighted by molar-refractivity contribution is 7.16. The summed E-state index contributed by atoms with van der Waals surface area (Å²) in [5, 5.41) is 8.86. The third-order valence-electron chi connectivity index (χ3n) is 3.64. The number of rotatable bonds is 2. The number of nitrogens with zero attached hydrogens (tertiary/aromatic N) is 3. The molecule has 0 amide bonds. The molecule has 2 heterocycles. The average Bonchev–Trinajstić information content (AvgIpc) is 2.97. The van der Waals surface area contributed by atoms with Crippen LogP contribution in [0.3, 0.4) is 0 Å². The van der Waals surface area contributed by atoms with Crippen molar-refractivity contribution >= 4 is 27.3 Å². The van der Waals surface area contributed by atoms with Gasteiger partial charge < -0.3 is 9.55 Å². The van der Waals surface area contributed by atoms with E-state index in [2.05, 4.69) is 45.7 Å². The molecule has 0 atom stereocenters. The monoisotopic (exact) mass is 298 g/mol. The van der Waals surface area contributed by atoms with Crippen molar-refractivity contribution in [1.29, 1.82) is 0 Å². The lowest BCUT2D eigenvalue weighted by Gasteiger charge is -1.99. The summed E-state index contributed by atoms with van der Waals surface area (Å²) >= 11 is 1.65. The molecule has 0 unspecified atom stereocenters. The van der Waals surface area contributed by atoms with Gasteiger partial charge in [0.15, 0.2) is 0 Å². The zero-order chi connectivity index (χ0) is 15.0. The highest BCUT2D eigenvalue weighted by Gasteiger charge is 2.07. The molecular formula is C16H18N4S. The number of aromatic amines is 1. The molecule has 2 aromatic heterocycles. The predicted octanol–water partition coefficient (Wildman–Crippen LogP) is 3.51. The number of benzene rings is 1. The Bertz CT molecular complexity index is 873. The topological polar surface area (TPSA) is 45.4 Å². The van der Waals surface area contributed by atoms with Gasteiger partial charge in [-0.25, -0.2) is 0 Å². The van der Waals surface area contributed by atoms with Gasteiger partial charge in [0.05, 0.1) is 15.9 Å². The first-order valence-corrected chi connectivity index (χ1v) is 7.67. The molecule has 3 rings (SSSR count). The van der Waals surface area contributed by atoms with Crippen LogP contribution in [-0.4, -0.2) is 15.3 Å². The summed E-state index contributed by atoms with van der Waals surface area (Å²) in [6.45, 7) is 6.14. The summed E-state index contributed by atoms with van der Waals surface area (Å²) in [6, 6.07) is 8.29. The lowest BCUT2D eigenvalue weighted by molar-refractivity contribution is 0.888. The fourth-order valence-corrected chi connectivity index (χ4v) is 3.53. The number of thiazole rings is 1. The third kappa shape index (κ3) is 2.45. The fraction of sp³-hybridized carbons (Fsp3) is 0.250. The standard InChI is InChI=1S/C16H18N4S/c1-10-9-17-11(2)15(10)12(3)18-19-16-20(4)13-7-5-6-8-14(13)21-16/h5-9,17H,1-4H3/b18-12+,19-16-. The highest BCUT2D eigenvalue weighted by Crippen LogP contribution is 2.16. The van der Waals surface area contributed by atoms with Gasteiger partial charge in [0.1, 0.15) is 0 Å². The number of nitrogens with one attached hydrogen (secondary N) is 1. The smallest absolute Gasteiger partial charge is 0.211 e. The van der Waals surface area contributed by atoms with Gasteiger partial charge in [-0.3, -0.25) is 0 Å². The number of hydrogen-bond acceptors (Lipinski definition) is 3. The molecule has 0 fully saturated rings. The van der Waals surface area contributed by atoms with Crippen LogP contribution in [0.4, 0.5) is 0 Å². The van der Waals surface area contributed by atoms with Crippen molar-refractivity contribution in [3.63, 3.8) is 0 Å². The molecule has 0 bridgehead atoms. The maximum absolute atomic E-state index is 4.44. The number of fused-ring (bicyclic) bond motifs is 1. The van der Waals surface area contributed by atoms with Crippen molar-refractivity contribution in [2.45, 2.75) is 20.8 Å². The molecule has 4 nitrogen and oxygen atoms in total. The summed E-state index contributed by atoms with van der Waals surface area (Å²) in [6.07, 6.45) is 2.00. The summed E-state index contributed by atoms with van der Waals surface area (Å²) < 4.78 is 3.30. The van der Waals surface area contributed by atoms with Crippen LogP contribution in [0, 0.1) is 13.8 Å². The van der Waals surface area contributed by atoms with Crippen molar-refractivity contribution in [2.75, 3.05) is 0 Å². The zero-order valence-electron chi connectivity index (χ0n) is 12.6. The minimum absolute atomic E-state index is 0.904. The normalized spacial score (nSPS) is 13.3. The van der Waals surface area contributed by atoms with E-state index in [1.165, 1.54) is 15.8 Å². The second kappa shape index (κ2) is 5.33. The van der Waals surface area contributed by atoms with Gasteiger partial charge in [0, 0.05) is 24.5 Å². The number of para-hydroxylation sites is 1. The van der Waals surface area contributed by atoms with E-state index in [9.17, 15) is 0 Å². The summed E-state index contributed by atoms with van der Waals surface area (Å²) in [4.78, 5) is 4.13. The Morgan fingerprint density at radius 2 is 2.00 bits per heavy atom. The second-order valence-electron chi connectivity index (χ2n) is 5.17. The molecule has 1 aromatic carbocycles. The Balaban J connectivity index is 2.09. The molecule has 5 heteroatoms. The van der Waals surface area contributed by atoms with E-state index in [4.69, 9.17) is 0 Å². The maximum atomic E-state index is 4.44. The van der Waals surface area contributed by atoms with E-state index in [1.54, 1.807) is 11.3 Å². The Morgan fingerprint density at radius 1 is 1.24 bits per heavy atom. The van der Waals surface area contributed by atoms with Crippen molar-refractivity contribution in [1.82, 2.24) is 9.55 Å². The highest BCUT2D eigenvalue weighted by atomic mass is 32.1. The van der Waals surface area contributed by atoms with Crippen molar-refractivity contribution < 1.29 is 0 Å². The molecule has 0 saturated carbocycles. The molecule has 21 heavy (non-hydrogen) atoms. The van der Waals surface area contributed by atoms with Crippen molar-refractivity contribution in [2.24, 2.45) is 17.3 Å². The molecule has 0 saturated heterocycles. The van der Waals surface area contributed by atoms with Crippen LogP contribution < -0.4 is 4.80 Å². The van der Waals surface area contributed by atoms with E-state index in [-0.39, 0.29) is 0 Å². The second-order valence-corrected chi connectivity index (χ2v) is 6.18. The first-order valence-electron chi connectivity index (χ1n) is 6.85. The number of H-pyrrole nitrogens is 1.